The topological polar surface area (TPSA) is 27.1 Å². The Morgan fingerprint density at radius 1 is 1.45 bits per heavy atom. The summed E-state index contributed by atoms with van der Waals surface area (Å²) in [6, 6.07) is 4.75. The highest BCUT2D eigenvalue weighted by atomic mass is 35.5. The number of ether oxygens (including phenoxy) is 1. The van der Waals surface area contributed by atoms with Gasteiger partial charge in [-0.2, -0.15) is 0 Å². The molecule has 3 unspecified atom stereocenters. The van der Waals surface area contributed by atoms with Crippen LogP contribution in [-0.2, 0) is 4.74 Å². The van der Waals surface area contributed by atoms with Crippen molar-refractivity contribution in [3.8, 4) is 0 Å². The zero-order valence-electron chi connectivity index (χ0n) is 11.6. The lowest BCUT2D eigenvalue weighted by molar-refractivity contribution is 0.0736. The molecule has 20 heavy (non-hydrogen) atoms. The molecule has 2 aromatic rings. The van der Waals surface area contributed by atoms with Crippen molar-refractivity contribution < 1.29 is 9.13 Å². The van der Waals surface area contributed by atoms with Gasteiger partial charge in [0.2, 0.25) is 0 Å². The normalized spacial score (nSPS) is 22.3. The predicted molar refractivity (Wildman–Crippen MR) is 77.6 cm³/mol. The molecule has 1 aromatic heterocycles. The standard InChI is InChI=1S/C15H18ClFN2O/c1-9(16)15-18-12-6-5-11(17)8-13(12)19(15)10(2)14-4-3-7-20-14/h5-6,8-10,14H,3-4,7H2,1-2H3. The Labute approximate surface area is 122 Å². The van der Waals surface area contributed by atoms with E-state index in [-0.39, 0.29) is 23.3 Å². The highest BCUT2D eigenvalue weighted by Crippen LogP contribution is 2.33. The Morgan fingerprint density at radius 3 is 2.90 bits per heavy atom. The lowest BCUT2D eigenvalue weighted by Gasteiger charge is -2.23. The quantitative estimate of drug-likeness (QED) is 0.793. The number of halogens is 2. The van der Waals surface area contributed by atoms with Crippen LogP contribution < -0.4 is 0 Å². The van der Waals surface area contributed by atoms with Crippen molar-refractivity contribution >= 4 is 22.6 Å². The van der Waals surface area contributed by atoms with Gasteiger partial charge in [0.1, 0.15) is 11.6 Å². The molecule has 0 amide bonds. The van der Waals surface area contributed by atoms with Crippen LogP contribution in [0.25, 0.3) is 11.0 Å². The monoisotopic (exact) mass is 296 g/mol. The van der Waals surface area contributed by atoms with Crippen LogP contribution in [0.3, 0.4) is 0 Å². The minimum absolute atomic E-state index is 0.0977. The molecule has 2 heterocycles. The molecule has 0 saturated carbocycles. The zero-order valence-corrected chi connectivity index (χ0v) is 12.4. The maximum absolute atomic E-state index is 13.6. The molecule has 3 nitrogen and oxygen atoms in total. The zero-order chi connectivity index (χ0) is 14.3. The molecule has 1 fully saturated rings. The number of fused-ring (bicyclic) bond motifs is 1. The number of imidazole rings is 1. The van der Waals surface area contributed by atoms with Crippen molar-refractivity contribution in [2.24, 2.45) is 0 Å². The van der Waals surface area contributed by atoms with Crippen molar-refractivity contribution in [1.29, 1.82) is 0 Å². The molecule has 1 aliphatic rings. The van der Waals surface area contributed by atoms with E-state index in [0.717, 1.165) is 36.3 Å². The highest BCUT2D eigenvalue weighted by Gasteiger charge is 2.28. The Bertz CT molecular complexity index is 620. The average molecular weight is 297 g/mol. The average Bonchev–Trinajstić information content (AvgIpc) is 3.04. The van der Waals surface area contributed by atoms with Gasteiger partial charge in [0.05, 0.1) is 28.6 Å². The molecule has 0 bridgehead atoms. The van der Waals surface area contributed by atoms with E-state index in [1.54, 1.807) is 6.07 Å². The van der Waals surface area contributed by atoms with Crippen LogP contribution in [-0.4, -0.2) is 22.3 Å². The number of alkyl halides is 1. The van der Waals surface area contributed by atoms with Crippen LogP contribution in [0.15, 0.2) is 18.2 Å². The largest absolute Gasteiger partial charge is 0.376 e. The lowest BCUT2D eigenvalue weighted by atomic mass is 10.1. The van der Waals surface area contributed by atoms with Crippen LogP contribution in [0, 0.1) is 5.82 Å². The third kappa shape index (κ3) is 2.31. The van der Waals surface area contributed by atoms with Crippen molar-refractivity contribution in [1.82, 2.24) is 9.55 Å². The molecule has 3 rings (SSSR count). The van der Waals surface area contributed by atoms with Gasteiger partial charge in [-0.25, -0.2) is 9.37 Å². The Kier molecular flexibility index (Phi) is 3.69. The van der Waals surface area contributed by atoms with E-state index < -0.39 is 0 Å². The SMILES string of the molecule is CC(Cl)c1nc2ccc(F)cc2n1C(C)C1CCCO1. The number of nitrogens with zero attached hydrogens (tertiary/aromatic N) is 2. The molecule has 1 aliphatic heterocycles. The predicted octanol–water partition coefficient (Wildman–Crippen LogP) is 4.22. The van der Waals surface area contributed by atoms with Gasteiger partial charge in [0.25, 0.3) is 0 Å². The molecule has 0 radical (unpaired) electrons. The second kappa shape index (κ2) is 5.34. The van der Waals surface area contributed by atoms with E-state index >= 15 is 0 Å². The van der Waals surface area contributed by atoms with Gasteiger partial charge < -0.3 is 9.30 Å². The summed E-state index contributed by atoms with van der Waals surface area (Å²) in [5, 5.41) is -0.227. The van der Waals surface area contributed by atoms with E-state index in [0.29, 0.717) is 0 Å². The van der Waals surface area contributed by atoms with Crippen LogP contribution in [0.1, 0.15) is 43.9 Å². The maximum atomic E-state index is 13.6. The van der Waals surface area contributed by atoms with Gasteiger partial charge in [0, 0.05) is 6.61 Å². The number of benzene rings is 1. The van der Waals surface area contributed by atoms with Crippen molar-refractivity contribution in [2.75, 3.05) is 6.61 Å². The van der Waals surface area contributed by atoms with E-state index in [1.807, 2.05) is 11.5 Å². The van der Waals surface area contributed by atoms with Gasteiger partial charge in [-0.15, -0.1) is 11.6 Å². The summed E-state index contributed by atoms with van der Waals surface area (Å²) < 4.78 is 21.4. The lowest BCUT2D eigenvalue weighted by Crippen LogP contribution is -2.22. The summed E-state index contributed by atoms with van der Waals surface area (Å²) in [6.07, 6.45) is 2.23. The summed E-state index contributed by atoms with van der Waals surface area (Å²) >= 11 is 6.25. The molecule has 1 saturated heterocycles. The van der Waals surface area contributed by atoms with Crippen molar-refractivity contribution in [3.63, 3.8) is 0 Å². The first-order valence-electron chi connectivity index (χ1n) is 7.01. The third-order valence-electron chi connectivity index (χ3n) is 3.94. The van der Waals surface area contributed by atoms with E-state index in [1.165, 1.54) is 12.1 Å². The minimum atomic E-state index is -0.257. The molecule has 3 atom stereocenters. The minimum Gasteiger partial charge on any atom is -0.376 e. The Balaban J connectivity index is 2.14. The molecular weight excluding hydrogens is 279 g/mol. The van der Waals surface area contributed by atoms with Crippen molar-refractivity contribution in [2.45, 2.75) is 44.2 Å². The van der Waals surface area contributed by atoms with Crippen LogP contribution in [0.4, 0.5) is 4.39 Å². The van der Waals surface area contributed by atoms with E-state index in [9.17, 15) is 4.39 Å². The molecular formula is C15H18ClFN2O. The first-order valence-corrected chi connectivity index (χ1v) is 7.44. The molecule has 108 valence electrons. The molecule has 0 spiro atoms. The fraction of sp³-hybridized carbons (Fsp3) is 0.533. The van der Waals surface area contributed by atoms with Gasteiger partial charge in [-0.3, -0.25) is 0 Å². The third-order valence-corrected chi connectivity index (χ3v) is 4.14. The van der Waals surface area contributed by atoms with Gasteiger partial charge in [0.15, 0.2) is 0 Å². The van der Waals surface area contributed by atoms with Crippen LogP contribution in [0.5, 0.6) is 0 Å². The summed E-state index contributed by atoms with van der Waals surface area (Å²) in [6.45, 7) is 4.77. The Hall–Kier alpha value is -1.13. The fourth-order valence-corrected chi connectivity index (χ4v) is 3.10. The number of rotatable bonds is 3. The second-order valence-corrected chi connectivity index (χ2v) is 6.04. The molecule has 1 aromatic carbocycles. The van der Waals surface area contributed by atoms with Crippen LogP contribution in [0.2, 0.25) is 0 Å². The first kappa shape index (κ1) is 13.8. The molecule has 5 heteroatoms. The highest BCUT2D eigenvalue weighted by molar-refractivity contribution is 6.20. The summed E-state index contributed by atoms with van der Waals surface area (Å²) in [5.74, 6) is 0.516. The smallest absolute Gasteiger partial charge is 0.128 e. The van der Waals surface area contributed by atoms with Crippen molar-refractivity contribution in [3.05, 3.63) is 29.8 Å². The maximum Gasteiger partial charge on any atom is 0.128 e. The van der Waals surface area contributed by atoms with Gasteiger partial charge >= 0.3 is 0 Å². The van der Waals surface area contributed by atoms with E-state index in [2.05, 4.69) is 11.9 Å². The summed E-state index contributed by atoms with van der Waals surface area (Å²) in [4.78, 5) is 4.55. The molecule has 0 N–H and O–H groups in total. The molecule has 0 aliphatic carbocycles. The number of hydrogen-bond acceptors (Lipinski definition) is 2. The Morgan fingerprint density at radius 2 is 2.25 bits per heavy atom. The summed E-state index contributed by atoms with van der Waals surface area (Å²) in [7, 11) is 0. The van der Waals surface area contributed by atoms with Gasteiger partial charge in [-0.05, 0) is 44.9 Å². The second-order valence-electron chi connectivity index (χ2n) is 5.38. The van der Waals surface area contributed by atoms with E-state index in [4.69, 9.17) is 16.3 Å². The first-order chi connectivity index (χ1) is 9.58. The fourth-order valence-electron chi connectivity index (χ4n) is 2.94. The van der Waals surface area contributed by atoms with Gasteiger partial charge in [-0.1, -0.05) is 0 Å². The number of aromatic nitrogens is 2. The van der Waals surface area contributed by atoms with Crippen LogP contribution >= 0.6 is 11.6 Å². The number of hydrogen-bond donors (Lipinski definition) is 0. The summed E-state index contributed by atoms with van der Waals surface area (Å²) in [5.41, 5.74) is 1.56.